The van der Waals surface area contributed by atoms with Crippen LogP contribution in [0, 0.1) is 28.6 Å². The third kappa shape index (κ3) is 2.96. The van der Waals surface area contributed by atoms with Crippen LogP contribution in [0.3, 0.4) is 0 Å². The number of ketones is 1. The summed E-state index contributed by atoms with van der Waals surface area (Å²) in [7, 11) is 0. The van der Waals surface area contributed by atoms with Crippen LogP contribution in [-0.4, -0.2) is 35.6 Å². The zero-order valence-electron chi connectivity index (χ0n) is 18.0. The van der Waals surface area contributed by atoms with Gasteiger partial charge in [-0.05, 0) is 56.3 Å². The fourth-order valence-corrected chi connectivity index (χ4v) is 7.64. The quantitative estimate of drug-likeness (QED) is 0.642. The standard InChI is InChI=1S/C23H33FO5/c1-13(25)28-15-7-10-22(4)18-8-9-21(3)17(5-6-20(21)29-14(2)26)16(18)11-19(27)23(22,24)12-15/h15-18,20H,5-12H2,1-4H3/t15-,16+,17+,18+,20+,21+,22-,23+/m1/s1. The molecule has 8 atom stereocenters. The Hall–Kier alpha value is -1.46. The molecule has 5 nitrogen and oxygen atoms in total. The van der Waals surface area contributed by atoms with Crippen LogP contribution in [0.4, 0.5) is 4.39 Å². The molecule has 6 heteroatoms. The molecule has 162 valence electrons. The Bertz CT molecular complexity index is 737. The van der Waals surface area contributed by atoms with E-state index in [0.717, 1.165) is 25.7 Å². The summed E-state index contributed by atoms with van der Waals surface area (Å²) < 4.78 is 27.3. The zero-order chi connectivity index (χ0) is 21.2. The molecule has 0 unspecified atom stereocenters. The first kappa shape index (κ1) is 20.8. The first-order valence-corrected chi connectivity index (χ1v) is 11.1. The molecule has 4 aliphatic carbocycles. The molecule has 4 rings (SSSR count). The van der Waals surface area contributed by atoms with Gasteiger partial charge in [-0.1, -0.05) is 13.8 Å². The molecular weight excluding hydrogens is 375 g/mol. The van der Waals surface area contributed by atoms with Gasteiger partial charge in [0, 0.05) is 37.5 Å². The van der Waals surface area contributed by atoms with Gasteiger partial charge in [0.05, 0.1) is 0 Å². The van der Waals surface area contributed by atoms with E-state index in [1.165, 1.54) is 13.8 Å². The van der Waals surface area contributed by atoms with Crippen molar-refractivity contribution in [1.29, 1.82) is 0 Å². The Morgan fingerprint density at radius 1 is 0.966 bits per heavy atom. The lowest BCUT2D eigenvalue weighted by molar-refractivity contribution is -0.199. The van der Waals surface area contributed by atoms with E-state index < -0.39 is 23.2 Å². The van der Waals surface area contributed by atoms with Crippen LogP contribution in [0.1, 0.15) is 79.1 Å². The van der Waals surface area contributed by atoms with Crippen LogP contribution in [-0.2, 0) is 23.9 Å². The minimum absolute atomic E-state index is 0.0108. The molecular formula is C23H33FO5. The van der Waals surface area contributed by atoms with Crippen molar-refractivity contribution in [3.63, 3.8) is 0 Å². The molecule has 0 radical (unpaired) electrons. The van der Waals surface area contributed by atoms with Crippen molar-refractivity contribution in [2.75, 3.05) is 0 Å². The van der Waals surface area contributed by atoms with Crippen LogP contribution in [0.15, 0.2) is 0 Å². The summed E-state index contributed by atoms with van der Waals surface area (Å²) in [6.45, 7) is 6.93. The van der Waals surface area contributed by atoms with Crippen molar-refractivity contribution in [2.24, 2.45) is 28.6 Å². The highest BCUT2D eigenvalue weighted by atomic mass is 19.1. The molecule has 0 aromatic rings. The lowest BCUT2D eigenvalue weighted by Crippen LogP contribution is -2.65. The summed E-state index contributed by atoms with van der Waals surface area (Å²) >= 11 is 0. The highest BCUT2D eigenvalue weighted by Gasteiger charge is 2.69. The van der Waals surface area contributed by atoms with Crippen molar-refractivity contribution >= 4 is 17.7 Å². The van der Waals surface area contributed by atoms with E-state index in [1.807, 2.05) is 6.92 Å². The first-order chi connectivity index (χ1) is 13.5. The number of esters is 2. The maximum absolute atomic E-state index is 16.3. The number of ether oxygens (including phenoxy) is 2. The van der Waals surface area contributed by atoms with E-state index in [0.29, 0.717) is 12.8 Å². The Morgan fingerprint density at radius 2 is 1.66 bits per heavy atom. The normalized spacial score (nSPS) is 48.9. The fourth-order valence-electron chi connectivity index (χ4n) is 7.64. The van der Waals surface area contributed by atoms with Crippen LogP contribution in [0.2, 0.25) is 0 Å². The number of rotatable bonds is 2. The number of fused-ring (bicyclic) bond motifs is 5. The average Bonchev–Trinajstić information content (AvgIpc) is 2.93. The van der Waals surface area contributed by atoms with Gasteiger partial charge in [-0.2, -0.15) is 0 Å². The van der Waals surface area contributed by atoms with Gasteiger partial charge < -0.3 is 9.47 Å². The van der Waals surface area contributed by atoms with Crippen molar-refractivity contribution < 1.29 is 28.2 Å². The lowest BCUT2D eigenvalue weighted by atomic mass is 9.43. The van der Waals surface area contributed by atoms with Gasteiger partial charge in [-0.3, -0.25) is 14.4 Å². The van der Waals surface area contributed by atoms with Crippen LogP contribution >= 0.6 is 0 Å². The second kappa shape index (κ2) is 6.78. The van der Waals surface area contributed by atoms with Gasteiger partial charge in [-0.25, -0.2) is 4.39 Å². The molecule has 0 heterocycles. The van der Waals surface area contributed by atoms with Gasteiger partial charge in [0.2, 0.25) is 0 Å². The molecule has 0 N–H and O–H groups in total. The van der Waals surface area contributed by atoms with Crippen LogP contribution in [0.5, 0.6) is 0 Å². The molecule has 29 heavy (non-hydrogen) atoms. The van der Waals surface area contributed by atoms with E-state index in [2.05, 4.69) is 6.92 Å². The summed E-state index contributed by atoms with van der Waals surface area (Å²) in [4.78, 5) is 36.1. The van der Waals surface area contributed by atoms with E-state index >= 15 is 4.39 Å². The summed E-state index contributed by atoms with van der Waals surface area (Å²) in [6.07, 6.45) is 4.28. The maximum atomic E-state index is 16.3. The number of carbonyl (C=O) groups excluding carboxylic acids is 3. The largest absolute Gasteiger partial charge is 0.462 e. The summed E-state index contributed by atoms with van der Waals surface area (Å²) in [6, 6.07) is 0. The molecule has 4 saturated carbocycles. The highest BCUT2D eigenvalue weighted by Crippen LogP contribution is 2.67. The van der Waals surface area contributed by atoms with Crippen molar-refractivity contribution in [1.82, 2.24) is 0 Å². The van der Waals surface area contributed by atoms with Crippen molar-refractivity contribution in [3.05, 3.63) is 0 Å². The predicted molar refractivity (Wildman–Crippen MR) is 104 cm³/mol. The number of hydrogen-bond acceptors (Lipinski definition) is 5. The monoisotopic (exact) mass is 408 g/mol. The first-order valence-electron chi connectivity index (χ1n) is 11.1. The van der Waals surface area contributed by atoms with E-state index in [9.17, 15) is 14.4 Å². The van der Waals surface area contributed by atoms with E-state index in [1.54, 1.807) is 0 Å². The zero-order valence-corrected chi connectivity index (χ0v) is 18.0. The van der Waals surface area contributed by atoms with Crippen LogP contribution in [0.25, 0.3) is 0 Å². The molecule has 0 spiro atoms. The minimum Gasteiger partial charge on any atom is -0.462 e. The molecule has 4 fully saturated rings. The summed E-state index contributed by atoms with van der Waals surface area (Å²) in [5.41, 5.74) is -2.77. The predicted octanol–water partition coefficient (Wildman–Crippen LogP) is 4.16. The second-order valence-corrected chi connectivity index (χ2v) is 10.4. The van der Waals surface area contributed by atoms with Crippen LogP contribution < -0.4 is 0 Å². The fraction of sp³-hybridized carbons (Fsp3) is 0.870. The molecule has 0 saturated heterocycles. The third-order valence-corrected chi connectivity index (χ3v) is 9.07. The van der Waals surface area contributed by atoms with Crippen molar-refractivity contribution in [3.8, 4) is 0 Å². The summed E-state index contributed by atoms with van der Waals surface area (Å²) in [5, 5.41) is 0. The molecule has 0 aliphatic heterocycles. The van der Waals surface area contributed by atoms with E-state index in [4.69, 9.17) is 9.47 Å². The smallest absolute Gasteiger partial charge is 0.302 e. The van der Waals surface area contributed by atoms with E-state index in [-0.39, 0.29) is 53.9 Å². The van der Waals surface area contributed by atoms with Gasteiger partial charge in [0.25, 0.3) is 0 Å². The second-order valence-electron chi connectivity index (χ2n) is 10.4. The maximum Gasteiger partial charge on any atom is 0.302 e. The molecule has 4 aliphatic rings. The van der Waals surface area contributed by atoms with Gasteiger partial charge in [0.15, 0.2) is 11.5 Å². The minimum atomic E-state index is -1.92. The average molecular weight is 409 g/mol. The SMILES string of the molecule is CC(=O)O[C@@H]1CC[C@]2(C)[C@H]3CC[C@]4(C)[C@@H](OC(C)=O)CC[C@H]4[C@@H]3CC(=O)[C@@]2(F)C1. The Labute approximate surface area is 172 Å². The van der Waals surface area contributed by atoms with Crippen molar-refractivity contribution in [2.45, 2.75) is 96.9 Å². The number of hydrogen-bond donors (Lipinski definition) is 0. The number of carbonyl (C=O) groups is 3. The molecule has 0 amide bonds. The van der Waals surface area contributed by atoms with Gasteiger partial charge in [-0.15, -0.1) is 0 Å². The summed E-state index contributed by atoms with van der Waals surface area (Å²) in [5.74, 6) is -0.435. The molecule has 0 aromatic carbocycles. The number of halogens is 1. The molecule has 0 aromatic heterocycles. The topological polar surface area (TPSA) is 69.7 Å². The number of Topliss-reactive ketones (excluding diaryl/α,β-unsaturated/α-hetero) is 1. The Morgan fingerprint density at radius 3 is 2.31 bits per heavy atom. The highest BCUT2D eigenvalue weighted by molar-refractivity contribution is 5.90. The number of alkyl halides is 1. The lowest BCUT2D eigenvalue weighted by Gasteiger charge is -2.61. The third-order valence-electron chi connectivity index (χ3n) is 9.07. The van der Waals surface area contributed by atoms with Gasteiger partial charge >= 0.3 is 11.9 Å². The Kier molecular flexibility index (Phi) is 4.86. The Balaban J connectivity index is 1.61. The molecule has 0 bridgehead atoms. The van der Waals surface area contributed by atoms with Gasteiger partial charge in [0.1, 0.15) is 12.2 Å².